The molecule has 1 aromatic carbocycles. The number of aliphatic imine (C=N–C) groups is 1. The summed E-state index contributed by atoms with van der Waals surface area (Å²) in [6.07, 6.45) is 2.81. The number of para-hydroxylation sites is 1. The van der Waals surface area contributed by atoms with Gasteiger partial charge in [0.25, 0.3) is 0 Å². The lowest BCUT2D eigenvalue weighted by Crippen LogP contribution is -2.44. The number of benzene rings is 1. The lowest BCUT2D eigenvalue weighted by Gasteiger charge is -2.20. The normalized spacial score (nSPS) is 16.7. The van der Waals surface area contributed by atoms with Crippen molar-refractivity contribution in [3.8, 4) is 5.88 Å². The second-order valence-corrected chi connectivity index (χ2v) is 6.92. The van der Waals surface area contributed by atoms with Crippen LogP contribution in [0.5, 0.6) is 5.88 Å². The van der Waals surface area contributed by atoms with Crippen molar-refractivity contribution in [2.75, 3.05) is 44.9 Å². The molecule has 1 aliphatic rings. The van der Waals surface area contributed by atoms with Gasteiger partial charge in [-0.3, -0.25) is 0 Å². The minimum absolute atomic E-state index is 0.360. The van der Waals surface area contributed by atoms with E-state index in [4.69, 9.17) is 14.5 Å². The summed E-state index contributed by atoms with van der Waals surface area (Å²) < 4.78 is 10.8. The second-order valence-electron chi connectivity index (χ2n) is 6.92. The van der Waals surface area contributed by atoms with Crippen LogP contribution < -0.4 is 20.3 Å². The van der Waals surface area contributed by atoms with Gasteiger partial charge in [0, 0.05) is 50.2 Å². The van der Waals surface area contributed by atoms with E-state index in [-0.39, 0.29) is 0 Å². The molecule has 2 N–H and O–H groups in total. The number of methoxy groups -OCH3 is 1. The van der Waals surface area contributed by atoms with E-state index >= 15 is 0 Å². The summed E-state index contributed by atoms with van der Waals surface area (Å²) in [5.74, 6) is 1.43. The molecule has 3 rings (SSSR count). The third kappa shape index (κ3) is 6.35. The van der Waals surface area contributed by atoms with Crippen molar-refractivity contribution in [2.45, 2.75) is 25.9 Å². The van der Waals surface area contributed by atoms with Crippen molar-refractivity contribution in [1.82, 2.24) is 15.6 Å². The van der Waals surface area contributed by atoms with Crippen LogP contribution in [0, 0.1) is 0 Å². The van der Waals surface area contributed by atoms with Crippen LogP contribution in [0.4, 0.5) is 5.69 Å². The molecule has 156 valence electrons. The van der Waals surface area contributed by atoms with Gasteiger partial charge in [0.2, 0.25) is 5.88 Å². The van der Waals surface area contributed by atoms with Crippen LogP contribution in [-0.4, -0.2) is 56.9 Å². The van der Waals surface area contributed by atoms with Crippen LogP contribution in [0.1, 0.15) is 18.9 Å². The predicted molar refractivity (Wildman–Crippen MR) is 117 cm³/mol. The Morgan fingerprint density at radius 2 is 2.07 bits per heavy atom. The zero-order chi connectivity index (χ0) is 20.3. The van der Waals surface area contributed by atoms with E-state index < -0.39 is 0 Å². The van der Waals surface area contributed by atoms with Gasteiger partial charge in [-0.2, -0.15) is 0 Å². The van der Waals surface area contributed by atoms with E-state index in [2.05, 4.69) is 57.8 Å². The van der Waals surface area contributed by atoms with Crippen LogP contribution in [-0.2, 0) is 11.3 Å². The van der Waals surface area contributed by atoms with Crippen LogP contribution in [0.3, 0.4) is 0 Å². The summed E-state index contributed by atoms with van der Waals surface area (Å²) in [4.78, 5) is 11.5. The van der Waals surface area contributed by atoms with Gasteiger partial charge in [0.1, 0.15) is 6.61 Å². The first-order valence-electron chi connectivity index (χ1n) is 10.2. The highest BCUT2D eigenvalue weighted by molar-refractivity contribution is 5.80. The topological polar surface area (TPSA) is 71.0 Å². The number of hydrogen-bond donors (Lipinski definition) is 2. The van der Waals surface area contributed by atoms with Gasteiger partial charge in [-0.15, -0.1) is 0 Å². The number of rotatable bonds is 9. The van der Waals surface area contributed by atoms with E-state index in [0.29, 0.717) is 31.7 Å². The average molecular weight is 398 g/mol. The molecule has 0 amide bonds. The van der Waals surface area contributed by atoms with Gasteiger partial charge < -0.3 is 25.0 Å². The standard InChI is InChI=1S/C22H31N5O2/c1-3-23-22(25-16-18-8-7-12-24-21(18)29-15-14-28-2)26-19-11-13-27(17-19)20-9-5-4-6-10-20/h4-10,12,19H,3,11,13-17H2,1-2H3,(H2,23,25,26). The molecule has 0 bridgehead atoms. The summed E-state index contributed by atoms with van der Waals surface area (Å²) in [5, 5.41) is 6.92. The van der Waals surface area contributed by atoms with Crippen molar-refractivity contribution >= 4 is 11.6 Å². The number of nitrogens with zero attached hydrogens (tertiary/aromatic N) is 3. The molecule has 2 aromatic rings. The molecular formula is C22H31N5O2. The largest absolute Gasteiger partial charge is 0.475 e. The van der Waals surface area contributed by atoms with E-state index in [1.165, 1.54) is 5.69 Å². The van der Waals surface area contributed by atoms with E-state index in [0.717, 1.165) is 37.6 Å². The molecule has 1 saturated heterocycles. The van der Waals surface area contributed by atoms with E-state index in [9.17, 15) is 0 Å². The SMILES string of the molecule is CCNC(=NCc1cccnc1OCCOC)NC1CCN(c2ccccc2)C1. The van der Waals surface area contributed by atoms with Crippen LogP contribution in [0.25, 0.3) is 0 Å². The zero-order valence-corrected chi connectivity index (χ0v) is 17.3. The van der Waals surface area contributed by atoms with Gasteiger partial charge in [0.15, 0.2) is 5.96 Å². The molecule has 29 heavy (non-hydrogen) atoms. The van der Waals surface area contributed by atoms with E-state index in [1.54, 1.807) is 13.3 Å². The molecule has 0 radical (unpaired) electrons. The summed E-state index contributed by atoms with van der Waals surface area (Å²) >= 11 is 0. The average Bonchev–Trinajstić information content (AvgIpc) is 3.22. The highest BCUT2D eigenvalue weighted by Crippen LogP contribution is 2.20. The molecule has 0 saturated carbocycles. The van der Waals surface area contributed by atoms with Gasteiger partial charge >= 0.3 is 0 Å². The number of aromatic nitrogens is 1. The Bertz CT molecular complexity index is 769. The van der Waals surface area contributed by atoms with Crippen molar-refractivity contribution in [3.63, 3.8) is 0 Å². The van der Waals surface area contributed by atoms with Gasteiger partial charge in [-0.05, 0) is 31.5 Å². The summed E-state index contributed by atoms with van der Waals surface area (Å²) in [5.41, 5.74) is 2.23. The molecule has 1 unspecified atom stereocenters. The second kappa shape index (κ2) is 11.3. The molecule has 0 spiro atoms. The minimum atomic E-state index is 0.360. The smallest absolute Gasteiger partial charge is 0.218 e. The van der Waals surface area contributed by atoms with Crippen LogP contribution in [0.15, 0.2) is 53.7 Å². The maximum absolute atomic E-state index is 5.71. The van der Waals surface area contributed by atoms with Gasteiger partial charge in [-0.1, -0.05) is 24.3 Å². The maximum atomic E-state index is 5.71. The summed E-state index contributed by atoms with van der Waals surface area (Å²) in [7, 11) is 1.66. The maximum Gasteiger partial charge on any atom is 0.218 e. The highest BCUT2D eigenvalue weighted by atomic mass is 16.5. The number of hydrogen-bond acceptors (Lipinski definition) is 5. The molecule has 7 nitrogen and oxygen atoms in total. The van der Waals surface area contributed by atoms with Crippen molar-refractivity contribution < 1.29 is 9.47 Å². The van der Waals surface area contributed by atoms with Crippen LogP contribution in [0.2, 0.25) is 0 Å². The Kier molecular flexibility index (Phi) is 8.12. The molecule has 1 fully saturated rings. The molecule has 2 heterocycles. The fraction of sp³-hybridized carbons (Fsp3) is 0.455. The van der Waals surface area contributed by atoms with Gasteiger partial charge in [0.05, 0.1) is 13.2 Å². The number of anilines is 1. The van der Waals surface area contributed by atoms with E-state index in [1.807, 2.05) is 12.1 Å². The molecule has 1 atom stereocenters. The van der Waals surface area contributed by atoms with Crippen molar-refractivity contribution in [2.24, 2.45) is 4.99 Å². The monoisotopic (exact) mass is 397 g/mol. The third-order valence-electron chi connectivity index (χ3n) is 4.78. The Hall–Kier alpha value is -2.80. The summed E-state index contributed by atoms with van der Waals surface area (Å²) in [6.45, 7) is 6.40. The van der Waals surface area contributed by atoms with Crippen molar-refractivity contribution in [3.05, 3.63) is 54.2 Å². The molecular weight excluding hydrogens is 366 g/mol. The number of pyridine rings is 1. The summed E-state index contributed by atoms with van der Waals surface area (Å²) in [6, 6.07) is 14.8. The first-order valence-corrected chi connectivity index (χ1v) is 10.2. The quantitative estimate of drug-likeness (QED) is 0.385. The first-order chi connectivity index (χ1) is 14.3. The Labute approximate surface area is 173 Å². The fourth-order valence-electron chi connectivity index (χ4n) is 3.33. The molecule has 1 aromatic heterocycles. The third-order valence-corrected chi connectivity index (χ3v) is 4.78. The Morgan fingerprint density at radius 3 is 2.86 bits per heavy atom. The lowest BCUT2D eigenvalue weighted by molar-refractivity contribution is 0.143. The number of nitrogens with one attached hydrogen (secondary N) is 2. The Balaban J connectivity index is 1.59. The minimum Gasteiger partial charge on any atom is -0.475 e. The zero-order valence-electron chi connectivity index (χ0n) is 17.3. The Morgan fingerprint density at radius 1 is 1.21 bits per heavy atom. The lowest BCUT2D eigenvalue weighted by atomic mass is 10.2. The number of ether oxygens (including phenoxy) is 2. The fourth-order valence-corrected chi connectivity index (χ4v) is 3.33. The van der Waals surface area contributed by atoms with Gasteiger partial charge in [-0.25, -0.2) is 9.98 Å². The first kappa shape index (κ1) is 20.9. The number of guanidine groups is 1. The molecule has 1 aliphatic heterocycles. The molecule has 7 heteroatoms. The van der Waals surface area contributed by atoms with Crippen LogP contribution >= 0.6 is 0 Å². The molecule has 0 aliphatic carbocycles. The van der Waals surface area contributed by atoms with Crippen molar-refractivity contribution in [1.29, 1.82) is 0 Å². The predicted octanol–water partition coefficient (Wildman–Crippen LogP) is 2.44. The highest BCUT2D eigenvalue weighted by Gasteiger charge is 2.23.